The number of aliphatic carboxylic acids is 2. The van der Waals surface area contributed by atoms with Crippen molar-refractivity contribution in [3.63, 3.8) is 0 Å². The van der Waals surface area contributed by atoms with E-state index in [0.717, 1.165) is 0 Å². The Morgan fingerprint density at radius 1 is 1.35 bits per heavy atom. The number of hydrogen-bond acceptors (Lipinski definition) is 5. The molecule has 0 aromatic carbocycles. The lowest BCUT2D eigenvalue weighted by Crippen LogP contribution is -2.43. The number of carboxylic acid groups (broad SMARTS) is 2. The number of aromatic amines is 1. The number of amides is 1. The summed E-state index contributed by atoms with van der Waals surface area (Å²) in [6.07, 6.45) is 2.72. The zero-order valence-corrected chi connectivity index (χ0v) is 10.6. The van der Waals surface area contributed by atoms with Gasteiger partial charge in [0.25, 0.3) is 0 Å². The summed E-state index contributed by atoms with van der Waals surface area (Å²) in [5.74, 6) is -2.95. The van der Waals surface area contributed by atoms with Crippen LogP contribution in [0.5, 0.6) is 0 Å². The van der Waals surface area contributed by atoms with Crippen molar-refractivity contribution in [2.24, 2.45) is 5.73 Å². The molecule has 0 spiro atoms. The van der Waals surface area contributed by atoms with E-state index in [-0.39, 0.29) is 19.3 Å². The highest BCUT2D eigenvalue weighted by Gasteiger charge is 2.22. The molecule has 9 nitrogen and oxygen atoms in total. The van der Waals surface area contributed by atoms with Crippen LogP contribution in [0, 0.1) is 0 Å². The molecule has 1 aromatic heterocycles. The fourth-order valence-electron chi connectivity index (χ4n) is 1.49. The summed E-state index contributed by atoms with van der Waals surface area (Å²) >= 11 is 0. The van der Waals surface area contributed by atoms with Crippen LogP contribution in [-0.4, -0.2) is 50.1 Å². The van der Waals surface area contributed by atoms with Gasteiger partial charge < -0.3 is 26.2 Å². The van der Waals surface area contributed by atoms with Gasteiger partial charge in [-0.3, -0.25) is 9.59 Å². The average molecular weight is 284 g/mol. The van der Waals surface area contributed by atoms with Crippen molar-refractivity contribution < 1.29 is 24.6 Å². The number of rotatable bonds is 8. The molecule has 0 fully saturated rings. The van der Waals surface area contributed by atoms with E-state index in [4.69, 9.17) is 15.9 Å². The van der Waals surface area contributed by atoms with E-state index in [1.807, 2.05) is 0 Å². The summed E-state index contributed by atoms with van der Waals surface area (Å²) in [5, 5.41) is 19.9. The van der Waals surface area contributed by atoms with Crippen molar-refractivity contribution in [2.45, 2.75) is 31.3 Å². The first-order valence-electron chi connectivity index (χ1n) is 5.88. The first-order valence-corrected chi connectivity index (χ1v) is 5.88. The minimum absolute atomic E-state index is 0.0580. The molecule has 20 heavy (non-hydrogen) atoms. The lowest BCUT2D eigenvalue weighted by Gasteiger charge is -2.14. The first-order chi connectivity index (χ1) is 9.40. The van der Waals surface area contributed by atoms with Crippen LogP contribution >= 0.6 is 0 Å². The van der Waals surface area contributed by atoms with Gasteiger partial charge in [-0.25, -0.2) is 9.78 Å². The fourth-order valence-corrected chi connectivity index (χ4v) is 1.49. The molecule has 6 N–H and O–H groups in total. The van der Waals surface area contributed by atoms with Gasteiger partial charge in [0, 0.05) is 24.7 Å². The van der Waals surface area contributed by atoms with E-state index in [9.17, 15) is 14.4 Å². The van der Waals surface area contributed by atoms with E-state index < -0.39 is 29.9 Å². The minimum atomic E-state index is -1.20. The van der Waals surface area contributed by atoms with E-state index in [1.54, 1.807) is 0 Å². The molecule has 0 radical (unpaired) electrons. The third kappa shape index (κ3) is 5.06. The van der Waals surface area contributed by atoms with Crippen molar-refractivity contribution >= 4 is 17.8 Å². The van der Waals surface area contributed by atoms with Crippen LogP contribution in [0.2, 0.25) is 0 Å². The standard InChI is InChI=1S/C11H16N4O5/c12-7(10(17)18)1-2-9(16)15-8(11(19)20)3-6-4-13-5-14-6/h4-5,7-8H,1-3,12H2,(H,13,14)(H,15,16)(H,17,18)(H,19,20)/t7-,8-/m0/s1. The van der Waals surface area contributed by atoms with Crippen molar-refractivity contribution in [3.05, 3.63) is 18.2 Å². The number of nitrogens with two attached hydrogens (primary N) is 1. The maximum atomic E-state index is 11.6. The van der Waals surface area contributed by atoms with E-state index >= 15 is 0 Å². The molecule has 0 saturated carbocycles. The topological polar surface area (TPSA) is 158 Å². The minimum Gasteiger partial charge on any atom is -0.480 e. The lowest BCUT2D eigenvalue weighted by atomic mass is 10.1. The molecule has 0 saturated heterocycles. The maximum Gasteiger partial charge on any atom is 0.326 e. The van der Waals surface area contributed by atoms with Gasteiger partial charge >= 0.3 is 11.9 Å². The molecular formula is C11H16N4O5. The summed E-state index contributed by atoms with van der Waals surface area (Å²) in [4.78, 5) is 39.6. The van der Waals surface area contributed by atoms with Gasteiger partial charge in [-0.05, 0) is 6.42 Å². The van der Waals surface area contributed by atoms with Gasteiger partial charge in [0.05, 0.1) is 6.33 Å². The highest BCUT2D eigenvalue weighted by Crippen LogP contribution is 2.01. The average Bonchev–Trinajstić information content (AvgIpc) is 2.87. The van der Waals surface area contributed by atoms with Crippen LogP contribution < -0.4 is 11.1 Å². The van der Waals surface area contributed by atoms with Crippen LogP contribution in [0.4, 0.5) is 0 Å². The fraction of sp³-hybridized carbons (Fsp3) is 0.455. The van der Waals surface area contributed by atoms with Gasteiger partial charge in [0.1, 0.15) is 12.1 Å². The number of carbonyl (C=O) groups excluding carboxylic acids is 1. The normalized spacial score (nSPS) is 13.4. The molecule has 0 unspecified atom stereocenters. The number of imidazole rings is 1. The quantitative estimate of drug-likeness (QED) is 0.397. The number of carboxylic acids is 2. The predicted molar refractivity (Wildman–Crippen MR) is 66.7 cm³/mol. The molecule has 1 rings (SSSR count). The Morgan fingerprint density at radius 2 is 2.05 bits per heavy atom. The van der Waals surface area contributed by atoms with Crippen molar-refractivity contribution in [2.75, 3.05) is 0 Å². The highest BCUT2D eigenvalue weighted by atomic mass is 16.4. The number of hydrogen-bond donors (Lipinski definition) is 5. The molecule has 2 atom stereocenters. The number of nitrogens with one attached hydrogen (secondary N) is 2. The molecule has 0 aliphatic rings. The van der Waals surface area contributed by atoms with Gasteiger partial charge in [0.2, 0.25) is 5.91 Å². The molecule has 1 heterocycles. The SMILES string of the molecule is N[C@@H](CCC(=O)N[C@@H](Cc1cnc[nH]1)C(=O)O)C(=O)O. The van der Waals surface area contributed by atoms with E-state index in [1.165, 1.54) is 12.5 Å². The van der Waals surface area contributed by atoms with Crippen molar-refractivity contribution in [1.29, 1.82) is 0 Å². The Labute approximate surface area is 114 Å². The Morgan fingerprint density at radius 3 is 2.55 bits per heavy atom. The Kier molecular flexibility index (Phi) is 5.66. The molecule has 0 aliphatic carbocycles. The Hall–Kier alpha value is -2.42. The van der Waals surface area contributed by atoms with Crippen molar-refractivity contribution in [1.82, 2.24) is 15.3 Å². The third-order valence-corrected chi connectivity index (χ3v) is 2.61. The molecule has 1 amide bonds. The molecule has 1 aromatic rings. The maximum absolute atomic E-state index is 11.6. The van der Waals surface area contributed by atoms with Gasteiger partial charge in [-0.15, -0.1) is 0 Å². The Bertz CT molecular complexity index is 473. The molecule has 9 heteroatoms. The third-order valence-electron chi connectivity index (χ3n) is 2.61. The van der Waals surface area contributed by atoms with Gasteiger partial charge in [-0.2, -0.15) is 0 Å². The van der Waals surface area contributed by atoms with Crippen LogP contribution in [-0.2, 0) is 20.8 Å². The summed E-state index contributed by atoms with van der Waals surface area (Å²) in [7, 11) is 0. The van der Waals surface area contributed by atoms with Crippen LogP contribution in [0.15, 0.2) is 12.5 Å². The van der Waals surface area contributed by atoms with Crippen LogP contribution in [0.1, 0.15) is 18.5 Å². The molecule has 0 aliphatic heterocycles. The summed E-state index contributed by atoms with van der Waals surface area (Å²) in [6.45, 7) is 0. The van der Waals surface area contributed by atoms with Crippen LogP contribution in [0.3, 0.4) is 0 Å². The largest absolute Gasteiger partial charge is 0.480 e. The second kappa shape index (κ2) is 7.24. The molecule has 110 valence electrons. The second-order valence-electron chi connectivity index (χ2n) is 4.22. The Balaban J connectivity index is 2.47. The zero-order chi connectivity index (χ0) is 15.1. The van der Waals surface area contributed by atoms with Gasteiger partial charge in [0.15, 0.2) is 0 Å². The molecule has 0 bridgehead atoms. The first kappa shape index (κ1) is 15.6. The van der Waals surface area contributed by atoms with Crippen LogP contribution in [0.25, 0.3) is 0 Å². The number of aromatic nitrogens is 2. The molecular weight excluding hydrogens is 268 g/mol. The summed E-state index contributed by atoms with van der Waals surface area (Å²) in [5.41, 5.74) is 5.83. The van der Waals surface area contributed by atoms with Crippen molar-refractivity contribution in [3.8, 4) is 0 Å². The zero-order valence-electron chi connectivity index (χ0n) is 10.6. The summed E-state index contributed by atoms with van der Waals surface area (Å²) < 4.78 is 0. The van der Waals surface area contributed by atoms with E-state index in [2.05, 4.69) is 15.3 Å². The lowest BCUT2D eigenvalue weighted by molar-refractivity contribution is -0.142. The number of H-pyrrole nitrogens is 1. The smallest absolute Gasteiger partial charge is 0.326 e. The summed E-state index contributed by atoms with van der Waals surface area (Å²) in [6, 6.07) is -2.25. The second-order valence-corrected chi connectivity index (χ2v) is 4.22. The number of nitrogens with zero attached hydrogens (tertiary/aromatic N) is 1. The monoisotopic (exact) mass is 284 g/mol. The predicted octanol–water partition coefficient (Wildman–Crippen LogP) is -1.29. The highest BCUT2D eigenvalue weighted by molar-refractivity contribution is 5.84. The number of carbonyl (C=O) groups is 3. The van der Waals surface area contributed by atoms with Gasteiger partial charge in [-0.1, -0.05) is 0 Å². The van der Waals surface area contributed by atoms with E-state index in [0.29, 0.717) is 5.69 Å².